The van der Waals surface area contributed by atoms with Crippen LogP contribution in [0, 0.1) is 18.3 Å². The molecule has 22 heavy (non-hydrogen) atoms. The number of benzene rings is 1. The number of sulfonamides is 1. The largest absolute Gasteiger partial charge is 0.277 e. The number of aryl methyl sites for hydroxylation is 1. The highest BCUT2D eigenvalue weighted by Crippen LogP contribution is 2.35. The molecule has 0 spiro atoms. The maximum Gasteiger partial charge on any atom is 0.261 e. The predicted molar refractivity (Wildman–Crippen MR) is 89.7 cm³/mol. The van der Waals surface area contributed by atoms with Crippen LogP contribution in [0.2, 0.25) is 0 Å². The molecule has 0 fully saturated rings. The van der Waals surface area contributed by atoms with Gasteiger partial charge in [0.1, 0.15) is 10.9 Å². The van der Waals surface area contributed by atoms with Gasteiger partial charge in [0.15, 0.2) is 0 Å². The van der Waals surface area contributed by atoms with Crippen molar-refractivity contribution in [1.29, 1.82) is 5.26 Å². The minimum Gasteiger partial charge on any atom is -0.277 e. The quantitative estimate of drug-likeness (QED) is 0.921. The Bertz CT molecular complexity index is 821. The van der Waals surface area contributed by atoms with Gasteiger partial charge in [-0.1, -0.05) is 38.5 Å². The number of hydrogen-bond donors (Lipinski definition) is 1. The van der Waals surface area contributed by atoms with E-state index in [1.807, 2.05) is 27.7 Å². The second-order valence-corrected chi connectivity index (χ2v) is 8.87. The van der Waals surface area contributed by atoms with E-state index in [1.165, 1.54) is 11.3 Å². The lowest BCUT2D eigenvalue weighted by Gasteiger charge is -2.15. The van der Waals surface area contributed by atoms with Crippen LogP contribution in [-0.2, 0) is 15.4 Å². The van der Waals surface area contributed by atoms with Gasteiger partial charge in [-0.15, -0.1) is 11.3 Å². The second-order valence-electron chi connectivity index (χ2n) is 6.13. The van der Waals surface area contributed by atoms with E-state index in [9.17, 15) is 13.7 Å². The third-order valence-corrected chi connectivity index (χ3v) is 6.00. The first-order valence-electron chi connectivity index (χ1n) is 6.77. The first-order valence-corrected chi connectivity index (χ1v) is 9.07. The smallest absolute Gasteiger partial charge is 0.261 e. The van der Waals surface area contributed by atoms with Crippen molar-refractivity contribution in [2.75, 3.05) is 4.72 Å². The molecule has 0 saturated carbocycles. The van der Waals surface area contributed by atoms with Gasteiger partial charge < -0.3 is 0 Å². The molecule has 6 heteroatoms. The first-order chi connectivity index (χ1) is 10.1. The Hall–Kier alpha value is -1.84. The molecule has 0 aliphatic heterocycles. The number of nitrogens with zero attached hydrogens (tertiary/aromatic N) is 1. The highest BCUT2D eigenvalue weighted by Gasteiger charge is 2.22. The number of hydrogen-bond acceptors (Lipinski definition) is 4. The lowest BCUT2D eigenvalue weighted by Crippen LogP contribution is -2.13. The molecule has 1 aromatic carbocycles. The molecule has 0 atom stereocenters. The standard InChI is InChI=1S/C16H18N2O2S2/c1-11-5-7-12(8-6-11)22(19,20)18-13-9-15(16(2,3)4)21-14(13)10-17/h5-9,18H,1-4H3. The Labute approximate surface area is 135 Å². The van der Waals surface area contributed by atoms with E-state index in [0.717, 1.165) is 10.4 Å². The van der Waals surface area contributed by atoms with E-state index >= 15 is 0 Å². The van der Waals surface area contributed by atoms with E-state index < -0.39 is 10.0 Å². The summed E-state index contributed by atoms with van der Waals surface area (Å²) in [4.78, 5) is 1.52. The van der Waals surface area contributed by atoms with Crippen molar-refractivity contribution in [1.82, 2.24) is 0 Å². The lowest BCUT2D eigenvalue weighted by atomic mass is 9.95. The molecule has 2 rings (SSSR count). The number of nitriles is 1. The van der Waals surface area contributed by atoms with Crippen LogP contribution in [-0.4, -0.2) is 8.42 Å². The molecular weight excluding hydrogens is 316 g/mol. The summed E-state index contributed by atoms with van der Waals surface area (Å²) in [5.74, 6) is 0. The van der Waals surface area contributed by atoms with Gasteiger partial charge in [-0.05, 0) is 30.5 Å². The van der Waals surface area contributed by atoms with Gasteiger partial charge in [0.05, 0.1) is 10.6 Å². The summed E-state index contributed by atoms with van der Waals surface area (Å²) in [7, 11) is -3.69. The summed E-state index contributed by atoms with van der Waals surface area (Å²) in [6.45, 7) is 7.97. The Balaban J connectivity index is 2.40. The van der Waals surface area contributed by atoms with Crippen molar-refractivity contribution in [2.45, 2.75) is 38.0 Å². The Morgan fingerprint density at radius 1 is 1.18 bits per heavy atom. The molecule has 0 aliphatic carbocycles. The summed E-state index contributed by atoms with van der Waals surface area (Å²) in [5, 5.41) is 9.23. The van der Waals surface area contributed by atoms with Gasteiger partial charge >= 0.3 is 0 Å². The van der Waals surface area contributed by atoms with Gasteiger partial charge in [0, 0.05) is 4.88 Å². The zero-order chi connectivity index (χ0) is 16.5. The average Bonchev–Trinajstić information content (AvgIpc) is 2.81. The maximum atomic E-state index is 12.4. The van der Waals surface area contributed by atoms with E-state index in [4.69, 9.17) is 0 Å². The zero-order valence-electron chi connectivity index (χ0n) is 13.0. The Morgan fingerprint density at radius 3 is 2.27 bits per heavy atom. The third kappa shape index (κ3) is 3.49. The zero-order valence-corrected chi connectivity index (χ0v) is 14.6. The number of rotatable bonds is 3. The molecule has 0 aliphatic rings. The van der Waals surface area contributed by atoms with Gasteiger partial charge in [-0.25, -0.2) is 8.42 Å². The highest BCUT2D eigenvalue weighted by molar-refractivity contribution is 7.92. The van der Waals surface area contributed by atoms with Gasteiger partial charge in [0.2, 0.25) is 0 Å². The van der Waals surface area contributed by atoms with Crippen molar-refractivity contribution in [2.24, 2.45) is 0 Å². The maximum absolute atomic E-state index is 12.4. The third-order valence-electron chi connectivity index (χ3n) is 3.15. The van der Waals surface area contributed by atoms with Gasteiger partial charge in [-0.3, -0.25) is 4.72 Å². The topological polar surface area (TPSA) is 70.0 Å². The molecular formula is C16H18N2O2S2. The van der Waals surface area contributed by atoms with E-state index in [2.05, 4.69) is 10.8 Å². The number of anilines is 1. The number of thiophene rings is 1. The summed E-state index contributed by atoms with van der Waals surface area (Å²) in [6.07, 6.45) is 0. The fraction of sp³-hybridized carbons (Fsp3) is 0.312. The molecule has 0 radical (unpaired) electrons. The summed E-state index contributed by atoms with van der Waals surface area (Å²) in [5.41, 5.74) is 1.20. The van der Waals surface area contributed by atoms with Crippen LogP contribution < -0.4 is 4.72 Å². The van der Waals surface area contributed by atoms with Crippen LogP contribution in [0.3, 0.4) is 0 Å². The van der Waals surface area contributed by atoms with Crippen molar-refractivity contribution in [3.63, 3.8) is 0 Å². The molecule has 0 unspecified atom stereocenters. The van der Waals surface area contributed by atoms with Crippen LogP contribution in [0.4, 0.5) is 5.69 Å². The molecule has 4 nitrogen and oxygen atoms in total. The van der Waals surface area contributed by atoms with Crippen LogP contribution >= 0.6 is 11.3 Å². The van der Waals surface area contributed by atoms with Crippen LogP contribution in [0.15, 0.2) is 35.2 Å². The van der Waals surface area contributed by atoms with Crippen molar-refractivity contribution in [3.8, 4) is 6.07 Å². The van der Waals surface area contributed by atoms with Crippen molar-refractivity contribution < 1.29 is 8.42 Å². The molecule has 1 heterocycles. The highest BCUT2D eigenvalue weighted by atomic mass is 32.2. The van der Waals surface area contributed by atoms with Gasteiger partial charge in [-0.2, -0.15) is 5.26 Å². The second kappa shape index (κ2) is 5.75. The van der Waals surface area contributed by atoms with E-state index in [0.29, 0.717) is 10.6 Å². The van der Waals surface area contributed by atoms with Crippen LogP contribution in [0.5, 0.6) is 0 Å². The molecule has 116 valence electrons. The van der Waals surface area contributed by atoms with E-state index in [1.54, 1.807) is 30.3 Å². The van der Waals surface area contributed by atoms with E-state index in [-0.39, 0.29) is 10.3 Å². The normalized spacial score (nSPS) is 12.0. The molecule has 1 N–H and O–H groups in total. The monoisotopic (exact) mass is 334 g/mol. The molecule has 2 aromatic rings. The molecule has 0 bridgehead atoms. The minimum absolute atomic E-state index is 0.135. The Kier molecular flexibility index (Phi) is 4.32. The average molecular weight is 334 g/mol. The first kappa shape index (κ1) is 16.5. The molecule has 1 aromatic heterocycles. The predicted octanol–water partition coefficient (Wildman–Crippen LogP) is 4.03. The number of nitrogens with one attached hydrogen (secondary N) is 1. The summed E-state index contributed by atoms with van der Waals surface area (Å²) < 4.78 is 27.4. The summed E-state index contributed by atoms with van der Waals surface area (Å²) in [6, 6.07) is 10.4. The van der Waals surface area contributed by atoms with Crippen molar-refractivity contribution >= 4 is 27.0 Å². The molecule has 0 amide bonds. The van der Waals surface area contributed by atoms with Crippen LogP contribution in [0.25, 0.3) is 0 Å². The lowest BCUT2D eigenvalue weighted by molar-refractivity contribution is 0.600. The Morgan fingerprint density at radius 2 is 1.77 bits per heavy atom. The van der Waals surface area contributed by atoms with Gasteiger partial charge in [0.25, 0.3) is 10.0 Å². The minimum atomic E-state index is -3.69. The van der Waals surface area contributed by atoms with Crippen molar-refractivity contribution in [3.05, 3.63) is 45.6 Å². The summed E-state index contributed by atoms with van der Waals surface area (Å²) >= 11 is 1.32. The fourth-order valence-corrected chi connectivity index (χ4v) is 3.94. The SMILES string of the molecule is Cc1ccc(S(=O)(=O)Nc2cc(C(C)(C)C)sc2C#N)cc1. The fourth-order valence-electron chi connectivity index (χ4n) is 1.84. The van der Waals surface area contributed by atoms with Crippen LogP contribution in [0.1, 0.15) is 36.1 Å². The molecule has 0 saturated heterocycles.